The molecule has 3 saturated heterocycles. The molecule has 3 aliphatic heterocycles. The third kappa shape index (κ3) is 4.97. The molecule has 2 amide bonds. The summed E-state index contributed by atoms with van der Waals surface area (Å²) in [6, 6.07) is 1.03. The van der Waals surface area contributed by atoms with Crippen LogP contribution in [0.4, 0.5) is 0 Å². The molecule has 0 aromatic carbocycles. The SMILES string of the molecule is C[C@@H]1CCCCN1CC(=O)N1CCN(C(=O)CN2CCCC[C@@H]2C)CC1. The zero-order valence-electron chi connectivity index (χ0n) is 16.7. The lowest BCUT2D eigenvalue weighted by Gasteiger charge is -2.39. The van der Waals surface area contributed by atoms with Crippen molar-refractivity contribution in [1.29, 1.82) is 0 Å². The number of piperidine rings is 2. The summed E-state index contributed by atoms with van der Waals surface area (Å²) in [5, 5.41) is 0. The van der Waals surface area contributed by atoms with Crippen LogP contribution in [0.3, 0.4) is 0 Å². The first-order chi connectivity index (χ1) is 12.5. The van der Waals surface area contributed by atoms with Gasteiger partial charge >= 0.3 is 0 Å². The lowest BCUT2D eigenvalue weighted by atomic mass is 10.0. The first-order valence-electron chi connectivity index (χ1n) is 10.6. The van der Waals surface area contributed by atoms with E-state index in [4.69, 9.17) is 0 Å². The maximum atomic E-state index is 12.6. The molecule has 0 bridgehead atoms. The second-order valence-electron chi connectivity index (χ2n) is 8.39. The zero-order chi connectivity index (χ0) is 18.5. The Kier molecular flexibility index (Phi) is 6.92. The van der Waals surface area contributed by atoms with Gasteiger partial charge in [0.25, 0.3) is 0 Å². The molecule has 0 spiro atoms. The Morgan fingerprint density at radius 3 is 1.38 bits per heavy atom. The Bertz CT molecular complexity index is 446. The Balaban J connectivity index is 1.41. The van der Waals surface area contributed by atoms with E-state index < -0.39 is 0 Å². The number of carbonyl (C=O) groups excluding carboxylic acids is 2. The first kappa shape index (κ1) is 19.6. The molecule has 26 heavy (non-hydrogen) atoms. The fraction of sp³-hybridized carbons (Fsp3) is 0.900. The van der Waals surface area contributed by atoms with Gasteiger partial charge < -0.3 is 9.80 Å². The molecule has 6 heteroatoms. The van der Waals surface area contributed by atoms with Gasteiger partial charge in [-0.25, -0.2) is 0 Å². The summed E-state index contributed by atoms with van der Waals surface area (Å²) in [5.74, 6) is 0.464. The first-order valence-corrected chi connectivity index (χ1v) is 10.6. The van der Waals surface area contributed by atoms with Crippen molar-refractivity contribution in [2.45, 2.75) is 64.5 Å². The van der Waals surface area contributed by atoms with Gasteiger partial charge in [-0.1, -0.05) is 12.8 Å². The number of nitrogens with zero attached hydrogens (tertiary/aromatic N) is 4. The summed E-state index contributed by atoms with van der Waals surface area (Å²) in [4.78, 5) is 33.8. The van der Waals surface area contributed by atoms with Crippen molar-refractivity contribution < 1.29 is 9.59 Å². The number of carbonyl (C=O) groups is 2. The van der Waals surface area contributed by atoms with Crippen LogP contribution in [-0.2, 0) is 9.59 Å². The van der Waals surface area contributed by atoms with E-state index in [-0.39, 0.29) is 11.8 Å². The fourth-order valence-corrected chi connectivity index (χ4v) is 4.54. The second-order valence-corrected chi connectivity index (χ2v) is 8.39. The Morgan fingerprint density at radius 2 is 1.04 bits per heavy atom. The van der Waals surface area contributed by atoms with Crippen molar-refractivity contribution in [3.63, 3.8) is 0 Å². The average molecular weight is 365 g/mol. The summed E-state index contributed by atoms with van der Waals surface area (Å²) < 4.78 is 0. The Morgan fingerprint density at radius 1 is 0.654 bits per heavy atom. The van der Waals surface area contributed by atoms with E-state index in [1.54, 1.807) is 0 Å². The quantitative estimate of drug-likeness (QED) is 0.757. The molecule has 2 atom stereocenters. The van der Waals surface area contributed by atoms with Crippen molar-refractivity contribution >= 4 is 11.8 Å². The highest BCUT2D eigenvalue weighted by Gasteiger charge is 2.29. The van der Waals surface area contributed by atoms with E-state index in [1.165, 1.54) is 38.5 Å². The molecule has 148 valence electrons. The van der Waals surface area contributed by atoms with E-state index in [0.29, 0.717) is 51.4 Å². The van der Waals surface area contributed by atoms with Crippen molar-refractivity contribution in [3.05, 3.63) is 0 Å². The van der Waals surface area contributed by atoms with Gasteiger partial charge in [0.2, 0.25) is 11.8 Å². The van der Waals surface area contributed by atoms with Crippen LogP contribution in [0, 0.1) is 0 Å². The number of piperazine rings is 1. The summed E-state index contributed by atoms with van der Waals surface area (Å²) >= 11 is 0. The lowest BCUT2D eigenvalue weighted by molar-refractivity contribution is -0.141. The van der Waals surface area contributed by atoms with Gasteiger partial charge in [-0.15, -0.1) is 0 Å². The normalized spacial score (nSPS) is 29.0. The molecular weight excluding hydrogens is 328 g/mol. The standard InChI is InChI=1S/C20H36N4O2/c1-17-7-3-5-9-23(17)15-19(25)21-11-13-22(14-12-21)20(26)16-24-10-6-4-8-18(24)2/h17-18H,3-16H2,1-2H3/t17-,18+. The Hall–Kier alpha value is -1.14. The van der Waals surface area contributed by atoms with E-state index in [9.17, 15) is 9.59 Å². The molecule has 0 aromatic heterocycles. The van der Waals surface area contributed by atoms with Gasteiger partial charge in [0.1, 0.15) is 0 Å². The summed E-state index contributed by atoms with van der Waals surface area (Å²) in [6.07, 6.45) is 7.36. The molecule has 0 saturated carbocycles. The predicted octanol–water partition coefficient (Wildman–Crippen LogP) is 1.41. The smallest absolute Gasteiger partial charge is 0.236 e. The molecular formula is C20H36N4O2. The molecule has 3 fully saturated rings. The van der Waals surface area contributed by atoms with Crippen molar-refractivity contribution in [1.82, 2.24) is 19.6 Å². The van der Waals surface area contributed by atoms with Gasteiger partial charge in [0.05, 0.1) is 13.1 Å². The van der Waals surface area contributed by atoms with E-state index in [1.807, 2.05) is 9.80 Å². The van der Waals surface area contributed by atoms with Gasteiger partial charge in [-0.3, -0.25) is 19.4 Å². The minimum atomic E-state index is 0.232. The number of hydrogen-bond acceptors (Lipinski definition) is 4. The molecule has 6 nitrogen and oxygen atoms in total. The molecule has 3 aliphatic rings. The van der Waals surface area contributed by atoms with Crippen LogP contribution < -0.4 is 0 Å². The van der Waals surface area contributed by atoms with E-state index >= 15 is 0 Å². The lowest BCUT2D eigenvalue weighted by Crippen LogP contribution is -2.55. The van der Waals surface area contributed by atoms with Gasteiger partial charge in [0.15, 0.2) is 0 Å². The van der Waals surface area contributed by atoms with Gasteiger partial charge in [-0.05, 0) is 52.6 Å². The number of likely N-dealkylation sites (tertiary alicyclic amines) is 2. The minimum absolute atomic E-state index is 0.232. The van der Waals surface area contributed by atoms with Crippen LogP contribution >= 0.6 is 0 Å². The third-order valence-electron chi connectivity index (χ3n) is 6.54. The molecule has 0 radical (unpaired) electrons. The predicted molar refractivity (Wildman–Crippen MR) is 103 cm³/mol. The molecule has 0 aromatic rings. The van der Waals surface area contributed by atoms with Crippen LogP contribution in [-0.4, -0.2) is 95.9 Å². The van der Waals surface area contributed by atoms with Gasteiger partial charge in [-0.2, -0.15) is 0 Å². The molecule has 3 heterocycles. The summed E-state index contributed by atoms with van der Waals surface area (Å²) in [7, 11) is 0. The van der Waals surface area contributed by atoms with Crippen LogP contribution in [0.15, 0.2) is 0 Å². The number of hydrogen-bond donors (Lipinski definition) is 0. The largest absolute Gasteiger partial charge is 0.338 e. The summed E-state index contributed by atoms with van der Waals surface area (Å²) in [6.45, 7) is 10.4. The molecule has 0 unspecified atom stereocenters. The van der Waals surface area contributed by atoms with E-state index in [0.717, 1.165) is 13.1 Å². The molecule has 3 rings (SSSR count). The van der Waals surface area contributed by atoms with Crippen molar-refractivity contribution in [3.8, 4) is 0 Å². The highest BCUT2D eigenvalue weighted by atomic mass is 16.2. The van der Waals surface area contributed by atoms with Crippen LogP contribution in [0.25, 0.3) is 0 Å². The van der Waals surface area contributed by atoms with Crippen LogP contribution in [0.5, 0.6) is 0 Å². The molecule has 0 aliphatic carbocycles. The van der Waals surface area contributed by atoms with Crippen molar-refractivity contribution in [2.75, 3.05) is 52.4 Å². The number of amides is 2. The monoisotopic (exact) mass is 364 g/mol. The molecule has 0 N–H and O–H groups in total. The highest BCUT2D eigenvalue weighted by Crippen LogP contribution is 2.18. The second kappa shape index (κ2) is 9.18. The Labute approximate surface area is 158 Å². The third-order valence-corrected chi connectivity index (χ3v) is 6.54. The van der Waals surface area contributed by atoms with E-state index in [2.05, 4.69) is 23.6 Å². The highest BCUT2D eigenvalue weighted by molar-refractivity contribution is 5.80. The van der Waals surface area contributed by atoms with Crippen molar-refractivity contribution in [2.24, 2.45) is 0 Å². The number of rotatable bonds is 4. The topological polar surface area (TPSA) is 47.1 Å². The maximum absolute atomic E-state index is 12.6. The zero-order valence-corrected chi connectivity index (χ0v) is 16.7. The minimum Gasteiger partial charge on any atom is -0.338 e. The fourth-order valence-electron chi connectivity index (χ4n) is 4.54. The average Bonchev–Trinajstić information content (AvgIpc) is 2.65. The maximum Gasteiger partial charge on any atom is 0.236 e. The summed E-state index contributed by atoms with van der Waals surface area (Å²) in [5.41, 5.74) is 0. The van der Waals surface area contributed by atoms with Crippen LogP contribution in [0.2, 0.25) is 0 Å². The van der Waals surface area contributed by atoms with Gasteiger partial charge in [0, 0.05) is 38.3 Å². The van der Waals surface area contributed by atoms with Crippen LogP contribution in [0.1, 0.15) is 52.4 Å².